The zero-order valence-electron chi connectivity index (χ0n) is 16.5. The molecule has 0 atom stereocenters. The molecule has 4 aromatic rings. The second kappa shape index (κ2) is 7.24. The van der Waals surface area contributed by atoms with Crippen molar-refractivity contribution in [3.63, 3.8) is 0 Å². The number of anilines is 1. The number of carbonyl (C=O) groups excluding carboxylic acids is 1. The van der Waals surface area contributed by atoms with Crippen LogP contribution >= 0.6 is 0 Å². The number of rotatable bonds is 4. The van der Waals surface area contributed by atoms with Crippen molar-refractivity contribution in [1.29, 1.82) is 0 Å². The molecule has 0 unspecified atom stereocenters. The average Bonchev–Trinajstić information content (AvgIpc) is 3.21. The number of nitrogens with zero attached hydrogens (tertiary/aromatic N) is 4. The normalized spacial score (nSPS) is 13.9. The largest absolute Gasteiger partial charge is 0.465 e. The summed E-state index contributed by atoms with van der Waals surface area (Å²) in [6.07, 6.45) is 4.70. The standard InChI is InChI=1S/C21H18N6O4/c1-31-20(29)13-4-2-3-12(7-13)14-10-26(11-14)17-8-16(25-27-6-5-22-18(17)27)15-9-23-21(30)24-19(15)28/h2-9,14H,10-11H2,1H3,(H2,23,24,28,30). The molecular weight excluding hydrogens is 400 g/mol. The lowest BCUT2D eigenvalue weighted by Gasteiger charge is -2.41. The number of nitrogens with one attached hydrogen (secondary N) is 2. The Labute approximate surface area is 175 Å². The molecule has 1 aliphatic heterocycles. The number of esters is 1. The lowest BCUT2D eigenvalue weighted by molar-refractivity contribution is 0.0600. The highest BCUT2D eigenvalue weighted by Crippen LogP contribution is 2.35. The first kappa shape index (κ1) is 18.8. The number of ether oxygens (including phenoxy) is 1. The summed E-state index contributed by atoms with van der Waals surface area (Å²) in [6, 6.07) is 9.24. The van der Waals surface area contributed by atoms with Gasteiger partial charge in [0, 0.05) is 37.6 Å². The van der Waals surface area contributed by atoms with E-state index in [0.717, 1.165) is 24.3 Å². The average molecular weight is 418 g/mol. The summed E-state index contributed by atoms with van der Waals surface area (Å²) in [5.74, 6) is -0.116. The highest BCUT2D eigenvalue weighted by atomic mass is 16.5. The smallest absolute Gasteiger partial charge is 0.337 e. The van der Waals surface area contributed by atoms with E-state index in [1.54, 1.807) is 29.0 Å². The molecule has 1 fully saturated rings. The molecule has 5 rings (SSSR count). The Morgan fingerprint density at radius 1 is 1.23 bits per heavy atom. The second-order valence-corrected chi connectivity index (χ2v) is 7.31. The predicted octanol–water partition coefficient (Wildman–Crippen LogP) is 1.16. The van der Waals surface area contributed by atoms with Crippen LogP contribution in [0.2, 0.25) is 0 Å². The van der Waals surface area contributed by atoms with Gasteiger partial charge >= 0.3 is 11.7 Å². The highest BCUT2D eigenvalue weighted by Gasteiger charge is 2.31. The number of aromatic nitrogens is 5. The Hall–Kier alpha value is -4.21. The summed E-state index contributed by atoms with van der Waals surface area (Å²) in [5.41, 5.74) is 2.70. The van der Waals surface area contributed by atoms with Crippen molar-refractivity contribution >= 4 is 17.3 Å². The summed E-state index contributed by atoms with van der Waals surface area (Å²) in [5, 5.41) is 4.45. The van der Waals surface area contributed by atoms with Gasteiger partial charge in [-0.1, -0.05) is 12.1 Å². The van der Waals surface area contributed by atoms with Crippen LogP contribution in [0.1, 0.15) is 21.8 Å². The number of hydrogen-bond acceptors (Lipinski definition) is 7. The maximum absolute atomic E-state index is 12.2. The molecule has 0 amide bonds. The van der Waals surface area contributed by atoms with E-state index >= 15 is 0 Å². The SMILES string of the molecule is COC(=O)c1cccc(C2CN(c3cc(-c4c[nH]c(=O)[nH]c4=O)nn4ccnc34)C2)c1. The third-order valence-electron chi connectivity index (χ3n) is 5.44. The minimum Gasteiger partial charge on any atom is -0.465 e. The van der Waals surface area contributed by atoms with Crippen LogP contribution in [0.15, 0.2) is 58.5 Å². The Kier molecular flexibility index (Phi) is 4.39. The molecule has 10 heteroatoms. The molecule has 0 aliphatic carbocycles. The van der Waals surface area contributed by atoms with Crippen molar-refractivity contribution in [1.82, 2.24) is 24.6 Å². The molecule has 0 bridgehead atoms. The zero-order valence-corrected chi connectivity index (χ0v) is 16.5. The molecule has 0 radical (unpaired) electrons. The Bertz CT molecular complexity index is 1410. The summed E-state index contributed by atoms with van der Waals surface area (Å²) < 4.78 is 6.42. The van der Waals surface area contributed by atoms with Gasteiger partial charge in [-0.25, -0.2) is 19.1 Å². The summed E-state index contributed by atoms with van der Waals surface area (Å²) in [4.78, 5) is 46.6. The molecule has 156 valence electrons. The van der Waals surface area contributed by atoms with E-state index in [2.05, 4.69) is 25.0 Å². The number of fused-ring (bicyclic) bond motifs is 1. The number of imidazole rings is 1. The van der Waals surface area contributed by atoms with Gasteiger partial charge in [0.25, 0.3) is 5.56 Å². The number of benzene rings is 1. The Balaban J connectivity index is 1.47. The Morgan fingerprint density at radius 3 is 2.84 bits per heavy atom. The minimum atomic E-state index is -0.572. The molecule has 1 saturated heterocycles. The van der Waals surface area contributed by atoms with Gasteiger partial charge in [0.15, 0.2) is 5.65 Å². The second-order valence-electron chi connectivity index (χ2n) is 7.31. The quantitative estimate of drug-likeness (QED) is 0.477. The fourth-order valence-electron chi connectivity index (χ4n) is 3.79. The first-order valence-corrected chi connectivity index (χ1v) is 9.63. The minimum absolute atomic E-state index is 0.243. The number of methoxy groups -OCH3 is 1. The van der Waals surface area contributed by atoms with E-state index in [0.29, 0.717) is 16.9 Å². The van der Waals surface area contributed by atoms with E-state index < -0.39 is 11.2 Å². The molecule has 31 heavy (non-hydrogen) atoms. The van der Waals surface area contributed by atoms with E-state index in [-0.39, 0.29) is 17.5 Å². The maximum Gasteiger partial charge on any atom is 0.337 e. The van der Waals surface area contributed by atoms with E-state index in [9.17, 15) is 14.4 Å². The molecule has 4 heterocycles. The summed E-state index contributed by atoms with van der Waals surface area (Å²) in [7, 11) is 1.37. The number of carbonyl (C=O) groups is 1. The molecule has 1 aliphatic rings. The molecule has 10 nitrogen and oxygen atoms in total. The molecular formula is C21H18N6O4. The van der Waals surface area contributed by atoms with Crippen LogP contribution in [-0.4, -0.2) is 50.7 Å². The number of aromatic amines is 2. The van der Waals surface area contributed by atoms with E-state index in [1.165, 1.54) is 13.3 Å². The van der Waals surface area contributed by atoms with Crippen LogP contribution in [0.5, 0.6) is 0 Å². The van der Waals surface area contributed by atoms with Gasteiger partial charge in [-0.15, -0.1) is 0 Å². The molecule has 2 N–H and O–H groups in total. The topological polar surface area (TPSA) is 125 Å². The number of hydrogen-bond donors (Lipinski definition) is 2. The van der Waals surface area contributed by atoms with Gasteiger partial charge in [-0.2, -0.15) is 5.10 Å². The predicted molar refractivity (Wildman–Crippen MR) is 112 cm³/mol. The third-order valence-corrected chi connectivity index (χ3v) is 5.44. The van der Waals surface area contributed by atoms with Gasteiger partial charge in [0.05, 0.1) is 23.9 Å². The van der Waals surface area contributed by atoms with Gasteiger partial charge < -0.3 is 14.6 Å². The van der Waals surface area contributed by atoms with Crippen molar-refractivity contribution in [3.8, 4) is 11.3 Å². The van der Waals surface area contributed by atoms with Gasteiger partial charge in [-0.05, 0) is 23.8 Å². The van der Waals surface area contributed by atoms with Crippen molar-refractivity contribution in [2.24, 2.45) is 0 Å². The van der Waals surface area contributed by atoms with Gasteiger partial charge in [0.1, 0.15) is 5.69 Å². The monoisotopic (exact) mass is 418 g/mol. The van der Waals surface area contributed by atoms with Crippen LogP contribution < -0.4 is 16.1 Å². The highest BCUT2D eigenvalue weighted by molar-refractivity contribution is 5.89. The summed E-state index contributed by atoms with van der Waals surface area (Å²) in [6.45, 7) is 1.44. The lowest BCUT2D eigenvalue weighted by Crippen LogP contribution is -2.45. The molecule has 3 aromatic heterocycles. The first-order valence-electron chi connectivity index (χ1n) is 9.63. The van der Waals surface area contributed by atoms with Crippen molar-refractivity contribution in [2.45, 2.75) is 5.92 Å². The maximum atomic E-state index is 12.2. The van der Waals surface area contributed by atoms with Crippen LogP contribution in [0, 0.1) is 0 Å². The fourth-order valence-corrected chi connectivity index (χ4v) is 3.79. The fraction of sp³-hybridized carbons (Fsp3) is 0.190. The molecule has 0 saturated carbocycles. The Morgan fingerprint density at radius 2 is 2.06 bits per heavy atom. The zero-order chi connectivity index (χ0) is 21.5. The molecule has 0 spiro atoms. The van der Waals surface area contributed by atoms with Gasteiger partial charge in [0.2, 0.25) is 0 Å². The molecule has 1 aromatic carbocycles. The van der Waals surface area contributed by atoms with Crippen LogP contribution in [0.25, 0.3) is 16.9 Å². The van der Waals surface area contributed by atoms with Crippen molar-refractivity contribution in [3.05, 3.63) is 80.9 Å². The van der Waals surface area contributed by atoms with Crippen LogP contribution in [-0.2, 0) is 4.74 Å². The van der Waals surface area contributed by atoms with Crippen LogP contribution in [0.4, 0.5) is 5.69 Å². The summed E-state index contributed by atoms with van der Waals surface area (Å²) >= 11 is 0. The first-order chi connectivity index (χ1) is 15.0. The van der Waals surface area contributed by atoms with E-state index in [4.69, 9.17) is 4.74 Å². The third kappa shape index (κ3) is 3.27. The van der Waals surface area contributed by atoms with Crippen molar-refractivity contribution < 1.29 is 9.53 Å². The number of H-pyrrole nitrogens is 2. The lowest BCUT2D eigenvalue weighted by atomic mass is 9.90. The van der Waals surface area contributed by atoms with E-state index in [1.807, 2.05) is 18.2 Å². The van der Waals surface area contributed by atoms with Gasteiger partial charge in [-0.3, -0.25) is 9.78 Å². The van der Waals surface area contributed by atoms with Crippen molar-refractivity contribution in [2.75, 3.05) is 25.1 Å². The van der Waals surface area contributed by atoms with Crippen LogP contribution in [0.3, 0.4) is 0 Å².